The number of hydrogen-bond acceptors (Lipinski definition) is 4. The minimum Gasteiger partial charge on any atom is -0.395 e. The Morgan fingerprint density at radius 2 is 1.96 bits per heavy atom. The van der Waals surface area contributed by atoms with Gasteiger partial charge in [0.05, 0.1) is 5.69 Å². The number of halogens is 2. The molecule has 0 saturated heterocycles. The van der Waals surface area contributed by atoms with E-state index in [1.54, 1.807) is 17.4 Å². The summed E-state index contributed by atoms with van der Waals surface area (Å²) >= 11 is 0. The van der Waals surface area contributed by atoms with Gasteiger partial charge in [0.2, 0.25) is 0 Å². The number of nitrogens with one attached hydrogen (secondary N) is 1. The van der Waals surface area contributed by atoms with E-state index in [2.05, 4.69) is 19.8 Å². The first kappa shape index (κ1) is 16.3. The van der Waals surface area contributed by atoms with Gasteiger partial charge in [-0.25, -0.2) is 4.98 Å². The predicted molar refractivity (Wildman–Crippen MR) is 88.5 cm³/mol. The van der Waals surface area contributed by atoms with Gasteiger partial charge in [-0.05, 0) is 43.2 Å². The second-order valence-electron chi connectivity index (χ2n) is 6.11. The fourth-order valence-corrected chi connectivity index (χ4v) is 2.91. The van der Waals surface area contributed by atoms with Gasteiger partial charge in [0.15, 0.2) is 11.5 Å². The van der Waals surface area contributed by atoms with Crippen molar-refractivity contribution in [1.82, 2.24) is 14.7 Å². The Bertz CT molecular complexity index is 1030. The van der Waals surface area contributed by atoms with Gasteiger partial charge in [-0.1, -0.05) is 12.1 Å². The number of carbonyl (C=O) groups is 1. The molecule has 1 aliphatic heterocycles. The number of carbonyl (C=O) groups excluding carboxylic acids is 1. The molecule has 1 amide bonds. The topological polar surface area (TPSA) is 64.9 Å². The van der Waals surface area contributed by atoms with E-state index in [0.717, 1.165) is 5.56 Å². The van der Waals surface area contributed by atoms with Crippen molar-refractivity contribution >= 4 is 11.6 Å². The van der Waals surface area contributed by atoms with Crippen LogP contribution < -0.4 is 14.8 Å². The van der Waals surface area contributed by atoms with Gasteiger partial charge >= 0.3 is 6.29 Å². The lowest BCUT2D eigenvalue weighted by atomic mass is 10.2. The molecule has 0 atom stereocenters. The molecule has 3 aromatic rings. The molecule has 0 saturated carbocycles. The van der Waals surface area contributed by atoms with Crippen LogP contribution >= 0.6 is 0 Å². The Morgan fingerprint density at radius 1 is 1.19 bits per heavy atom. The smallest absolute Gasteiger partial charge is 0.395 e. The van der Waals surface area contributed by atoms with E-state index in [9.17, 15) is 13.6 Å². The van der Waals surface area contributed by atoms with Crippen molar-refractivity contribution in [2.45, 2.75) is 26.7 Å². The lowest BCUT2D eigenvalue weighted by molar-refractivity contribution is -0.286. The zero-order valence-electron chi connectivity index (χ0n) is 14.0. The van der Waals surface area contributed by atoms with Gasteiger partial charge in [0, 0.05) is 12.7 Å². The number of hydrogen-bond donors (Lipinski definition) is 1. The van der Waals surface area contributed by atoms with E-state index in [-0.39, 0.29) is 24.0 Å². The third-order valence-electron chi connectivity index (χ3n) is 4.07. The van der Waals surface area contributed by atoms with Crippen LogP contribution in [0.5, 0.6) is 11.5 Å². The summed E-state index contributed by atoms with van der Waals surface area (Å²) in [5.41, 5.74) is 3.35. The first-order valence-electron chi connectivity index (χ1n) is 7.95. The number of benzene rings is 1. The summed E-state index contributed by atoms with van der Waals surface area (Å²) in [7, 11) is 0. The van der Waals surface area contributed by atoms with Gasteiger partial charge in [0.1, 0.15) is 11.3 Å². The van der Waals surface area contributed by atoms with Crippen LogP contribution in [0.15, 0.2) is 36.5 Å². The highest BCUT2D eigenvalue weighted by Crippen LogP contribution is 2.41. The molecule has 134 valence electrons. The van der Waals surface area contributed by atoms with Crippen LogP contribution in [-0.2, 0) is 6.54 Å². The van der Waals surface area contributed by atoms with E-state index in [0.29, 0.717) is 22.6 Å². The Balaban J connectivity index is 1.54. The molecule has 1 aromatic carbocycles. The average molecular weight is 359 g/mol. The number of amides is 1. The number of alkyl halides is 2. The Kier molecular flexibility index (Phi) is 3.57. The molecule has 0 unspecified atom stereocenters. The van der Waals surface area contributed by atoms with Gasteiger partial charge in [-0.3, -0.25) is 9.20 Å². The zero-order valence-corrected chi connectivity index (χ0v) is 14.0. The Hall–Kier alpha value is -3.16. The van der Waals surface area contributed by atoms with Crippen molar-refractivity contribution in [3.8, 4) is 11.5 Å². The maximum Gasteiger partial charge on any atom is 0.586 e. The summed E-state index contributed by atoms with van der Waals surface area (Å²) < 4.78 is 36.7. The van der Waals surface area contributed by atoms with Crippen molar-refractivity contribution in [2.75, 3.05) is 0 Å². The van der Waals surface area contributed by atoms with Gasteiger partial charge in [-0.15, -0.1) is 8.78 Å². The van der Waals surface area contributed by atoms with E-state index < -0.39 is 6.29 Å². The number of aromatic nitrogens is 2. The third kappa shape index (κ3) is 2.83. The number of imidazole rings is 1. The molecular weight excluding hydrogens is 344 g/mol. The lowest BCUT2D eigenvalue weighted by Gasteiger charge is -2.07. The van der Waals surface area contributed by atoms with Crippen LogP contribution in [0, 0.1) is 13.8 Å². The highest BCUT2D eigenvalue weighted by Gasteiger charge is 2.43. The molecule has 6 nitrogen and oxygen atoms in total. The number of pyridine rings is 1. The molecule has 0 aliphatic carbocycles. The monoisotopic (exact) mass is 359 g/mol. The number of aryl methyl sites for hydroxylation is 2. The fraction of sp³-hybridized carbons (Fsp3) is 0.222. The van der Waals surface area contributed by atoms with E-state index in [1.165, 1.54) is 12.1 Å². The van der Waals surface area contributed by atoms with Crippen molar-refractivity contribution in [3.63, 3.8) is 0 Å². The van der Waals surface area contributed by atoms with Gasteiger partial charge in [0.25, 0.3) is 5.91 Å². The highest BCUT2D eigenvalue weighted by molar-refractivity contribution is 5.94. The van der Waals surface area contributed by atoms with E-state index in [4.69, 9.17) is 0 Å². The largest absolute Gasteiger partial charge is 0.586 e. The number of rotatable bonds is 3. The molecule has 26 heavy (non-hydrogen) atoms. The predicted octanol–water partition coefficient (Wildman–Crippen LogP) is 3.20. The van der Waals surface area contributed by atoms with Crippen LogP contribution in [0.25, 0.3) is 5.65 Å². The molecule has 0 radical (unpaired) electrons. The molecular formula is C18H15F2N3O3. The minimum atomic E-state index is -3.66. The van der Waals surface area contributed by atoms with Crippen molar-refractivity contribution in [3.05, 3.63) is 59.0 Å². The summed E-state index contributed by atoms with van der Waals surface area (Å²) in [6.45, 7) is 3.85. The fourth-order valence-electron chi connectivity index (χ4n) is 2.91. The van der Waals surface area contributed by atoms with Crippen molar-refractivity contribution < 1.29 is 23.0 Å². The highest BCUT2D eigenvalue weighted by atomic mass is 19.3. The van der Waals surface area contributed by atoms with Crippen molar-refractivity contribution in [1.29, 1.82) is 0 Å². The maximum absolute atomic E-state index is 13.1. The third-order valence-corrected chi connectivity index (χ3v) is 4.07. The van der Waals surface area contributed by atoms with Crippen LogP contribution in [0.1, 0.15) is 27.3 Å². The lowest BCUT2D eigenvalue weighted by Crippen LogP contribution is -2.26. The van der Waals surface area contributed by atoms with Crippen molar-refractivity contribution in [2.24, 2.45) is 0 Å². The molecule has 2 aromatic heterocycles. The van der Waals surface area contributed by atoms with E-state index >= 15 is 0 Å². The molecule has 3 heterocycles. The zero-order chi connectivity index (χ0) is 18.5. The summed E-state index contributed by atoms with van der Waals surface area (Å²) in [5.74, 6) is -0.384. The Morgan fingerprint density at radius 3 is 2.77 bits per heavy atom. The number of nitrogens with zero attached hydrogens (tertiary/aromatic N) is 2. The van der Waals surface area contributed by atoms with Crippen LogP contribution in [0.3, 0.4) is 0 Å². The normalized spacial score (nSPS) is 14.6. The summed E-state index contributed by atoms with van der Waals surface area (Å²) in [4.78, 5) is 17.0. The standard InChI is InChI=1S/C18H15F2N3O3/c1-10-3-6-15-22-11(2)16(23(15)9-10)17(24)21-8-12-4-5-13-14(7-12)26-18(19,20)25-13/h3-7,9H,8H2,1-2H3,(H,21,24). The van der Waals surface area contributed by atoms with E-state index in [1.807, 2.05) is 25.3 Å². The van der Waals surface area contributed by atoms with Crippen LogP contribution in [0.4, 0.5) is 8.78 Å². The summed E-state index contributed by atoms with van der Waals surface area (Å²) in [5, 5.41) is 2.78. The minimum absolute atomic E-state index is 0.0295. The second kappa shape index (κ2) is 5.69. The summed E-state index contributed by atoms with van der Waals surface area (Å²) in [6.07, 6.45) is -1.82. The first-order chi connectivity index (χ1) is 12.3. The molecule has 8 heteroatoms. The first-order valence-corrected chi connectivity index (χ1v) is 7.95. The molecule has 1 N–H and O–H groups in total. The molecule has 4 rings (SSSR count). The Labute approximate surface area is 147 Å². The number of ether oxygens (including phenoxy) is 2. The molecule has 0 spiro atoms. The van der Waals surface area contributed by atoms with Crippen LogP contribution in [0.2, 0.25) is 0 Å². The molecule has 1 aliphatic rings. The molecule has 0 bridgehead atoms. The maximum atomic E-state index is 13.1. The van der Waals surface area contributed by atoms with Gasteiger partial charge < -0.3 is 14.8 Å². The average Bonchev–Trinajstić information content (AvgIpc) is 3.05. The molecule has 0 fully saturated rings. The quantitative estimate of drug-likeness (QED) is 0.780. The van der Waals surface area contributed by atoms with Gasteiger partial charge in [-0.2, -0.15) is 0 Å². The summed E-state index contributed by atoms with van der Waals surface area (Å²) in [6, 6.07) is 8.17. The second-order valence-corrected chi connectivity index (χ2v) is 6.11. The number of fused-ring (bicyclic) bond motifs is 2. The SMILES string of the molecule is Cc1ccc2nc(C)c(C(=O)NCc3ccc4c(c3)OC(F)(F)O4)n2c1. The van der Waals surface area contributed by atoms with Crippen LogP contribution in [-0.4, -0.2) is 21.6 Å².